The summed E-state index contributed by atoms with van der Waals surface area (Å²) in [5, 5.41) is 2.48. The molecule has 2 nitrogen and oxygen atoms in total. The van der Waals surface area contributed by atoms with E-state index in [1.165, 1.54) is 21.9 Å². The van der Waals surface area contributed by atoms with Gasteiger partial charge in [0.05, 0.1) is 11.0 Å². The molecule has 0 unspecified atom stereocenters. The van der Waals surface area contributed by atoms with E-state index < -0.39 is 0 Å². The molecule has 3 heteroatoms. The van der Waals surface area contributed by atoms with Gasteiger partial charge in [0.1, 0.15) is 5.82 Å². The topological polar surface area (TPSA) is 17.8 Å². The molecule has 33 heavy (non-hydrogen) atoms. The molecule has 1 aromatic heterocycles. The van der Waals surface area contributed by atoms with Crippen LogP contribution in [-0.2, 0) is 0 Å². The smallest absolute Gasteiger partial charge is 0.145 e. The zero-order valence-electron chi connectivity index (χ0n) is 18.2. The zero-order chi connectivity index (χ0) is 22.4. The van der Waals surface area contributed by atoms with Crippen LogP contribution in [-0.4, -0.2) is 9.55 Å². The number of para-hydroxylation sites is 2. The summed E-state index contributed by atoms with van der Waals surface area (Å²) >= 11 is 3.67. The van der Waals surface area contributed by atoms with Gasteiger partial charge in [-0.05, 0) is 71.3 Å². The van der Waals surface area contributed by atoms with E-state index >= 15 is 0 Å². The third kappa shape index (κ3) is 3.55. The van der Waals surface area contributed by atoms with E-state index in [2.05, 4.69) is 131 Å². The minimum atomic E-state index is 0.939. The Morgan fingerprint density at radius 1 is 0.667 bits per heavy atom. The number of rotatable bonds is 3. The van der Waals surface area contributed by atoms with Crippen molar-refractivity contribution in [2.75, 3.05) is 0 Å². The molecule has 0 saturated carbocycles. The van der Waals surface area contributed by atoms with Crippen molar-refractivity contribution >= 4 is 37.7 Å². The highest BCUT2D eigenvalue weighted by Crippen LogP contribution is 2.36. The van der Waals surface area contributed by atoms with Crippen LogP contribution in [0.2, 0.25) is 0 Å². The summed E-state index contributed by atoms with van der Waals surface area (Å²) in [7, 11) is 0. The fourth-order valence-corrected chi connectivity index (χ4v) is 5.19. The third-order valence-electron chi connectivity index (χ3n) is 6.06. The van der Waals surface area contributed by atoms with Crippen molar-refractivity contribution in [3.63, 3.8) is 0 Å². The Balaban J connectivity index is 1.66. The van der Waals surface area contributed by atoms with Gasteiger partial charge < -0.3 is 0 Å². The maximum absolute atomic E-state index is 5.24. The van der Waals surface area contributed by atoms with Gasteiger partial charge in [0.25, 0.3) is 0 Å². The fraction of sp³-hybridized carbons (Fsp3) is 0.0333. The molecule has 158 valence electrons. The average Bonchev–Trinajstić information content (AvgIpc) is 3.23. The first-order chi connectivity index (χ1) is 16.2. The van der Waals surface area contributed by atoms with E-state index in [1.807, 2.05) is 6.07 Å². The van der Waals surface area contributed by atoms with Crippen LogP contribution in [0.1, 0.15) is 5.56 Å². The SMILES string of the molecule is Cc1cc(Br)cc(-c2nc3c(-c4ccc5ccccc5c4)cccc3n2-c2ccccc2)c1. The molecule has 0 aliphatic carbocycles. The molecule has 6 rings (SSSR count). The van der Waals surface area contributed by atoms with Crippen LogP contribution in [0.25, 0.3) is 50.0 Å². The van der Waals surface area contributed by atoms with Gasteiger partial charge in [-0.2, -0.15) is 0 Å². The van der Waals surface area contributed by atoms with E-state index in [9.17, 15) is 0 Å². The first-order valence-electron chi connectivity index (χ1n) is 11.0. The summed E-state index contributed by atoms with van der Waals surface area (Å²) in [6, 6.07) is 38.5. The van der Waals surface area contributed by atoms with Crippen molar-refractivity contribution in [1.29, 1.82) is 0 Å². The van der Waals surface area contributed by atoms with Crippen LogP contribution in [0.3, 0.4) is 0 Å². The molecule has 0 N–H and O–H groups in total. The van der Waals surface area contributed by atoms with E-state index in [0.29, 0.717) is 0 Å². The largest absolute Gasteiger partial charge is 0.292 e. The fourth-order valence-electron chi connectivity index (χ4n) is 4.59. The Kier molecular flexibility index (Phi) is 4.85. The predicted molar refractivity (Wildman–Crippen MR) is 142 cm³/mol. The number of hydrogen-bond acceptors (Lipinski definition) is 1. The summed E-state index contributed by atoms with van der Waals surface area (Å²) in [4.78, 5) is 5.24. The Labute approximate surface area is 201 Å². The van der Waals surface area contributed by atoms with E-state index in [-0.39, 0.29) is 0 Å². The van der Waals surface area contributed by atoms with Crippen molar-refractivity contribution in [3.8, 4) is 28.2 Å². The molecular formula is C30H21BrN2. The highest BCUT2D eigenvalue weighted by molar-refractivity contribution is 9.10. The minimum Gasteiger partial charge on any atom is -0.292 e. The zero-order valence-corrected chi connectivity index (χ0v) is 19.8. The monoisotopic (exact) mass is 488 g/mol. The highest BCUT2D eigenvalue weighted by Gasteiger charge is 2.18. The second-order valence-corrected chi connectivity index (χ2v) is 9.27. The lowest BCUT2D eigenvalue weighted by molar-refractivity contribution is 1.10. The number of imidazole rings is 1. The second-order valence-electron chi connectivity index (χ2n) is 8.36. The maximum atomic E-state index is 5.24. The standard InChI is InChI=1S/C30H21BrN2/c1-20-16-24(19-25(31)17-20)30-32-29-27(23-15-14-21-8-5-6-9-22(21)18-23)12-7-13-28(29)33(30)26-10-3-2-4-11-26/h2-19H,1H3. The van der Waals surface area contributed by atoms with Crippen LogP contribution in [0.15, 0.2) is 114 Å². The number of nitrogens with zero attached hydrogens (tertiary/aromatic N) is 2. The van der Waals surface area contributed by atoms with Gasteiger partial charge in [0.15, 0.2) is 0 Å². The number of halogens is 1. The molecule has 1 heterocycles. The molecule has 0 radical (unpaired) electrons. The van der Waals surface area contributed by atoms with Gasteiger partial charge in [-0.1, -0.05) is 82.7 Å². The molecule has 0 spiro atoms. The Bertz CT molecular complexity index is 1610. The van der Waals surface area contributed by atoms with Crippen LogP contribution >= 0.6 is 15.9 Å². The molecule has 0 bridgehead atoms. The van der Waals surface area contributed by atoms with E-state index in [4.69, 9.17) is 4.98 Å². The second kappa shape index (κ2) is 8.02. The Hall–Kier alpha value is -3.69. The molecule has 6 aromatic rings. The molecule has 0 fully saturated rings. The van der Waals surface area contributed by atoms with Gasteiger partial charge in [0.2, 0.25) is 0 Å². The van der Waals surface area contributed by atoms with Crippen LogP contribution in [0.5, 0.6) is 0 Å². The Morgan fingerprint density at radius 3 is 2.27 bits per heavy atom. The maximum Gasteiger partial charge on any atom is 0.145 e. The summed E-state index contributed by atoms with van der Waals surface area (Å²) < 4.78 is 3.32. The number of fused-ring (bicyclic) bond motifs is 2. The van der Waals surface area contributed by atoms with Crippen molar-refractivity contribution < 1.29 is 0 Å². The van der Waals surface area contributed by atoms with Gasteiger partial charge in [-0.25, -0.2) is 4.98 Å². The van der Waals surface area contributed by atoms with Crippen LogP contribution in [0.4, 0.5) is 0 Å². The number of aryl methyl sites for hydroxylation is 1. The van der Waals surface area contributed by atoms with E-state index in [1.54, 1.807) is 0 Å². The molecule has 0 saturated heterocycles. The van der Waals surface area contributed by atoms with Crippen molar-refractivity contribution in [1.82, 2.24) is 9.55 Å². The highest BCUT2D eigenvalue weighted by atomic mass is 79.9. The molecule has 0 amide bonds. The summed E-state index contributed by atoms with van der Waals surface area (Å²) in [6.45, 7) is 2.12. The summed E-state index contributed by atoms with van der Waals surface area (Å²) in [5.74, 6) is 0.939. The predicted octanol–water partition coefficient (Wildman–Crippen LogP) is 8.58. The van der Waals surface area contributed by atoms with E-state index in [0.717, 1.165) is 38.1 Å². The summed E-state index contributed by atoms with van der Waals surface area (Å²) in [5.41, 5.74) is 7.80. The molecule has 5 aromatic carbocycles. The normalized spacial score (nSPS) is 11.3. The van der Waals surface area contributed by atoms with Crippen molar-refractivity contribution in [2.24, 2.45) is 0 Å². The minimum absolute atomic E-state index is 0.939. The molecular weight excluding hydrogens is 468 g/mol. The number of hydrogen-bond donors (Lipinski definition) is 0. The first-order valence-corrected chi connectivity index (χ1v) is 11.8. The van der Waals surface area contributed by atoms with Gasteiger partial charge in [-0.15, -0.1) is 0 Å². The lowest BCUT2D eigenvalue weighted by Crippen LogP contribution is -1.97. The van der Waals surface area contributed by atoms with Crippen molar-refractivity contribution in [2.45, 2.75) is 6.92 Å². The van der Waals surface area contributed by atoms with Gasteiger partial charge in [0, 0.05) is 21.3 Å². The van der Waals surface area contributed by atoms with Gasteiger partial charge in [-0.3, -0.25) is 4.57 Å². The molecule has 0 aliphatic heterocycles. The average molecular weight is 489 g/mol. The van der Waals surface area contributed by atoms with Crippen LogP contribution in [0, 0.1) is 6.92 Å². The lowest BCUT2D eigenvalue weighted by Gasteiger charge is -2.11. The van der Waals surface area contributed by atoms with Crippen LogP contribution < -0.4 is 0 Å². The lowest BCUT2D eigenvalue weighted by atomic mass is 10.0. The first kappa shape index (κ1) is 20.0. The van der Waals surface area contributed by atoms with Gasteiger partial charge >= 0.3 is 0 Å². The molecule has 0 aliphatic rings. The molecule has 0 atom stereocenters. The number of aromatic nitrogens is 2. The third-order valence-corrected chi connectivity index (χ3v) is 6.52. The van der Waals surface area contributed by atoms with Crippen molar-refractivity contribution in [3.05, 3.63) is 119 Å². The number of benzene rings is 5. The Morgan fingerprint density at radius 2 is 1.45 bits per heavy atom. The quantitative estimate of drug-likeness (QED) is 0.243. The summed E-state index contributed by atoms with van der Waals surface area (Å²) in [6.07, 6.45) is 0.